The van der Waals surface area contributed by atoms with Gasteiger partial charge in [-0.25, -0.2) is 4.98 Å². The van der Waals surface area contributed by atoms with E-state index in [4.69, 9.17) is 9.47 Å². The van der Waals surface area contributed by atoms with E-state index in [0.717, 1.165) is 22.1 Å². The Morgan fingerprint density at radius 2 is 1.80 bits per heavy atom. The van der Waals surface area contributed by atoms with E-state index in [-0.39, 0.29) is 5.54 Å². The van der Waals surface area contributed by atoms with Gasteiger partial charge in [0, 0.05) is 16.5 Å². The second-order valence-corrected chi connectivity index (χ2v) is 6.34. The smallest absolute Gasteiger partial charge is 0.183 e. The molecule has 0 saturated carbocycles. The number of aromatic nitrogens is 1. The molecule has 0 fully saturated rings. The van der Waals surface area contributed by atoms with Crippen molar-refractivity contribution in [1.82, 2.24) is 4.98 Å². The minimum Gasteiger partial charge on any atom is -0.493 e. The number of ether oxygens (including phenoxy) is 2. The van der Waals surface area contributed by atoms with Crippen molar-refractivity contribution >= 4 is 16.5 Å². The third kappa shape index (κ3) is 3.42. The van der Waals surface area contributed by atoms with Crippen LogP contribution >= 0.6 is 11.3 Å². The summed E-state index contributed by atoms with van der Waals surface area (Å²) in [6.45, 7) is 6.35. The fourth-order valence-corrected chi connectivity index (χ4v) is 2.71. The quantitative estimate of drug-likeness (QED) is 0.923. The van der Waals surface area contributed by atoms with Crippen LogP contribution < -0.4 is 14.8 Å². The molecule has 108 valence electrons. The van der Waals surface area contributed by atoms with Crippen LogP contribution in [0.3, 0.4) is 0 Å². The Balaban J connectivity index is 2.28. The lowest BCUT2D eigenvalue weighted by Gasteiger charge is -2.19. The molecule has 0 aliphatic carbocycles. The van der Waals surface area contributed by atoms with Gasteiger partial charge in [-0.15, -0.1) is 11.3 Å². The molecule has 0 unspecified atom stereocenters. The molecule has 1 aromatic carbocycles. The number of anilines is 1. The fraction of sp³-hybridized carbons (Fsp3) is 0.400. The number of hydrogen-bond donors (Lipinski definition) is 1. The average Bonchev–Trinajstić information content (AvgIpc) is 2.84. The Bertz CT molecular complexity index is 588. The van der Waals surface area contributed by atoms with Crippen LogP contribution in [-0.4, -0.2) is 24.7 Å². The molecule has 0 aliphatic rings. The summed E-state index contributed by atoms with van der Waals surface area (Å²) in [7, 11) is 3.26. The normalized spacial score (nSPS) is 11.2. The molecule has 4 nitrogen and oxygen atoms in total. The minimum absolute atomic E-state index is 0.00667. The number of hydrogen-bond acceptors (Lipinski definition) is 5. The Labute approximate surface area is 123 Å². The van der Waals surface area contributed by atoms with Gasteiger partial charge < -0.3 is 14.8 Å². The van der Waals surface area contributed by atoms with Gasteiger partial charge in [0.25, 0.3) is 0 Å². The minimum atomic E-state index is 0.00667. The first-order chi connectivity index (χ1) is 9.43. The molecule has 2 rings (SSSR count). The molecule has 20 heavy (non-hydrogen) atoms. The van der Waals surface area contributed by atoms with E-state index in [0.29, 0.717) is 5.75 Å². The molecule has 0 amide bonds. The number of nitrogens with zero attached hydrogens (tertiary/aromatic N) is 1. The molecule has 0 radical (unpaired) electrons. The summed E-state index contributed by atoms with van der Waals surface area (Å²) in [5, 5.41) is 6.33. The molecular formula is C15H20N2O2S. The maximum atomic E-state index is 5.32. The SMILES string of the molecule is COc1ccc(-c2csc(NC(C)(C)C)n2)cc1OC. The highest BCUT2D eigenvalue weighted by Gasteiger charge is 2.13. The largest absolute Gasteiger partial charge is 0.493 e. The summed E-state index contributed by atoms with van der Waals surface area (Å²) in [5.74, 6) is 1.43. The van der Waals surface area contributed by atoms with Crippen molar-refractivity contribution < 1.29 is 9.47 Å². The summed E-state index contributed by atoms with van der Waals surface area (Å²) in [4.78, 5) is 4.61. The monoisotopic (exact) mass is 292 g/mol. The highest BCUT2D eigenvalue weighted by Crippen LogP contribution is 2.33. The van der Waals surface area contributed by atoms with Gasteiger partial charge in [0.15, 0.2) is 16.6 Å². The third-order valence-corrected chi connectivity index (χ3v) is 3.42. The number of methoxy groups -OCH3 is 2. The standard InChI is InChI=1S/C15H20N2O2S/c1-15(2,3)17-14-16-11(9-20-14)10-6-7-12(18-4)13(8-10)19-5/h6-9H,1-5H3,(H,16,17). The van der Waals surface area contributed by atoms with Crippen molar-refractivity contribution in [3.63, 3.8) is 0 Å². The first-order valence-corrected chi connectivity index (χ1v) is 7.27. The number of benzene rings is 1. The zero-order chi connectivity index (χ0) is 14.8. The molecule has 1 heterocycles. The van der Waals surface area contributed by atoms with E-state index >= 15 is 0 Å². The zero-order valence-corrected chi connectivity index (χ0v) is 13.3. The van der Waals surface area contributed by atoms with Crippen LogP contribution in [0.25, 0.3) is 11.3 Å². The predicted octanol–water partition coefficient (Wildman–Crippen LogP) is 4.04. The second-order valence-electron chi connectivity index (χ2n) is 5.48. The van der Waals surface area contributed by atoms with Crippen molar-refractivity contribution in [2.75, 3.05) is 19.5 Å². The number of thiazole rings is 1. The Hall–Kier alpha value is -1.75. The topological polar surface area (TPSA) is 43.4 Å². The number of rotatable bonds is 4. The molecule has 0 saturated heterocycles. The maximum absolute atomic E-state index is 5.32. The van der Waals surface area contributed by atoms with Crippen molar-refractivity contribution in [1.29, 1.82) is 0 Å². The van der Waals surface area contributed by atoms with Crippen molar-refractivity contribution in [2.45, 2.75) is 26.3 Å². The van der Waals surface area contributed by atoms with Crippen molar-refractivity contribution in [2.24, 2.45) is 0 Å². The van der Waals surface area contributed by atoms with Crippen LogP contribution in [0.15, 0.2) is 23.6 Å². The van der Waals surface area contributed by atoms with E-state index in [1.54, 1.807) is 25.6 Å². The predicted molar refractivity (Wildman–Crippen MR) is 84.0 cm³/mol. The van der Waals surface area contributed by atoms with Crippen LogP contribution in [-0.2, 0) is 0 Å². The van der Waals surface area contributed by atoms with Crippen LogP contribution in [0.4, 0.5) is 5.13 Å². The van der Waals surface area contributed by atoms with E-state index in [1.165, 1.54) is 0 Å². The van der Waals surface area contributed by atoms with Gasteiger partial charge in [0.2, 0.25) is 0 Å². The lowest BCUT2D eigenvalue weighted by atomic mass is 10.1. The Kier molecular flexibility index (Phi) is 4.18. The highest BCUT2D eigenvalue weighted by atomic mass is 32.1. The van der Waals surface area contributed by atoms with E-state index in [9.17, 15) is 0 Å². The summed E-state index contributed by atoms with van der Waals surface area (Å²) >= 11 is 1.60. The van der Waals surface area contributed by atoms with Crippen LogP contribution in [0.5, 0.6) is 11.5 Å². The molecule has 1 N–H and O–H groups in total. The fourth-order valence-electron chi connectivity index (χ4n) is 1.78. The van der Waals surface area contributed by atoms with E-state index in [1.807, 2.05) is 23.6 Å². The van der Waals surface area contributed by atoms with Crippen LogP contribution in [0, 0.1) is 0 Å². The van der Waals surface area contributed by atoms with Crippen LogP contribution in [0.2, 0.25) is 0 Å². The van der Waals surface area contributed by atoms with Crippen molar-refractivity contribution in [3.8, 4) is 22.8 Å². The second kappa shape index (κ2) is 5.71. The first-order valence-electron chi connectivity index (χ1n) is 6.39. The molecule has 5 heteroatoms. The molecular weight excluding hydrogens is 272 g/mol. The van der Waals surface area contributed by atoms with Gasteiger partial charge in [-0.2, -0.15) is 0 Å². The highest BCUT2D eigenvalue weighted by molar-refractivity contribution is 7.14. The lowest BCUT2D eigenvalue weighted by molar-refractivity contribution is 0.355. The van der Waals surface area contributed by atoms with Gasteiger partial charge in [-0.3, -0.25) is 0 Å². The summed E-state index contributed by atoms with van der Waals surface area (Å²) in [6.07, 6.45) is 0. The van der Waals surface area contributed by atoms with E-state index in [2.05, 4.69) is 31.1 Å². The maximum Gasteiger partial charge on any atom is 0.183 e. The van der Waals surface area contributed by atoms with Gasteiger partial charge in [0.05, 0.1) is 19.9 Å². The summed E-state index contributed by atoms with van der Waals surface area (Å²) in [5.41, 5.74) is 1.95. The summed E-state index contributed by atoms with van der Waals surface area (Å²) < 4.78 is 10.6. The molecule has 0 aliphatic heterocycles. The molecule has 0 bridgehead atoms. The Morgan fingerprint density at radius 3 is 2.40 bits per heavy atom. The average molecular weight is 292 g/mol. The van der Waals surface area contributed by atoms with E-state index < -0.39 is 0 Å². The zero-order valence-electron chi connectivity index (χ0n) is 12.5. The van der Waals surface area contributed by atoms with Gasteiger partial charge in [-0.05, 0) is 39.0 Å². The molecule has 0 atom stereocenters. The Morgan fingerprint density at radius 1 is 1.10 bits per heavy atom. The summed E-state index contributed by atoms with van der Waals surface area (Å²) in [6, 6.07) is 5.82. The lowest BCUT2D eigenvalue weighted by Crippen LogP contribution is -2.25. The first kappa shape index (κ1) is 14.7. The molecule has 2 aromatic rings. The van der Waals surface area contributed by atoms with Crippen molar-refractivity contribution in [3.05, 3.63) is 23.6 Å². The molecule has 1 aromatic heterocycles. The van der Waals surface area contributed by atoms with Gasteiger partial charge in [-0.1, -0.05) is 0 Å². The number of nitrogens with one attached hydrogen (secondary N) is 1. The third-order valence-electron chi connectivity index (χ3n) is 2.67. The van der Waals surface area contributed by atoms with Crippen LogP contribution in [0.1, 0.15) is 20.8 Å². The molecule has 0 spiro atoms. The van der Waals surface area contributed by atoms with Gasteiger partial charge >= 0.3 is 0 Å². The van der Waals surface area contributed by atoms with Gasteiger partial charge in [0.1, 0.15) is 0 Å².